The molecule has 1 aromatic heterocycles. The van der Waals surface area contributed by atoms with Crippen LogP contribution in [0, 0.1) is 0 Å². The van der Waals surface area contributed by atoms with E-state index in [9.17, 15) is 4.79 Å². The van der Waals surface area contributed by atoms with E-state index in [4.69, 9.17) is 4.74 Å². The molecule has 1 aliphatic rings. The number of aromatic nitrogens is 1. The third-order valence-electron chi connectivity index (χ3n) is 4.73. The summed E-state index contributed by atoms with van der Waals surface area (Å²) in [6.45, 7) is 1.76. The van der Waals surface area contributed by atoms with Crippen LogP contribution in [-0.4, -0.2) is 35.1 Å². The van der Waals surface area contributed by atoms with E-state index < -0.39 is 0 Å². The van der Waals surface area contributed by atoms with Crippen molar-refractivity contribution >= 4 is 32.7 Å². The first-order valence-corrected chi connectivity index (χ1v) is 9.76. The highest BCUT2D eigenvalue weighted by Crippen LogP contribution is 2.20. The van der Waals surface area contributed by atoms with Crippen LogP contribution in [0.5, 0.6) is 5.88 Å². The molecule has 27 heavy (non-hydrogen) atoms. The highest BCUT2D eigenvalue weighted by atomic mass is 79.9. The van der Waals surface area contributed by atoms with Crippen molar-refractivity contribution in [3.63, 3.8) is 0 Å². The van der Waals surface area contributed by atoms with Crippen LogP contribution in [0.1, 0.15) is 12.0 Å². The summed E-state index contributed by atoms with van der Waals surface area (Å²) in [6.07, 6.45) is 2.49. The molecule has 2 amide bonds. The van der Waals surface area contributed by atoms with Gasteiger partial charge in [-0.3, -0.25) is 0 Å². The molecule has 138 valence electrons. The number of hydrogen-bond donors (Lipinski definition) is 1. The summed E-state index contributed by atoms with van der Waals surface area (Å²) in [7, 11) is 0. The van der Waals surface area contributed by atoms with E-state index in [1.807, 2.05) is 30.3 Å². The van der Waals surface area contributed by atoms with Crippen LogP contribution in [0.25, 0.3) is 10.8 Å². The zero-order chi connectivity index (χ0) is 18.6. The molecule has 2 aromatic carbocycles. The smallest absolute Gasteiger partial charge is 0.317 e. The van der Waals surface area contributed by atoms with E-state index in [0.29, 0.717) is 25.5 Å². The van der Waals surface area contributed by atoms with E-state index in [1.54, 1.807) is 11.1 Å². The number of carbonyl (C=O) groups excluding carboxylic acids is 1. The van der Waals surface area contributed by atoms with Gasteiger partial charge in [0.15, 0.2) is 0 Å². The number of amides is 2. The Morgan fingerprint density at radius 3 is 2.89 bits per heavy atom. The second kappa shape index (κ2) is 7.96. The van der Waals surface area contributed by atoms with Crippen molar-refractivity contribution in [3.05, 3.63) is 70.8 Å². The van der Waals surface area contributed by atoms with Gasteiger partial charge in [0, 0.05) is 36.2 Å². The van der Waals surface area contributed by atoms with Crippen molar-refractivity contribution in [2.45, 2.75) is 19.1 Å². The number of benzene rings is 2. The Hall–Kier alpha value is -2.60. The highest BCUT2D eigenvalue weighted by Gasteiger charge is 2.27. The van der Waals surface area contributed by atoms with Gasteiger partial charge < -0.3 is 15.0 Å². The number of nitrogens with zero attached hydrogens (tertiary/aromatic N) is 2. The Kier molecular flexibility index (Phi) is 5.25. The van der Waals surface area contributed by atoms with Gasteiger partial charge in [0.1, 0.15) is 6.10 Å². The number of ether oxygens (including phenoxy) is 1. The molecule has 0 unspecified atom stereocenters. The number of halogens is 1. The maximum atomic E-state index is 12.5. The zero-order valence-electron chi connectivity index (χ0n) is 14.8. The van der Waals surface area contributed by atoms with E-state index in [-0.39, 0.29) is 12.1 Å². The lowest BCUT2D eigenvalue weighted by atomic mass is 10.0. The lowest BCUT2D eigenvalue weighted by Gasteiger charge is -2.18. The van der Waals surface area contributed by atoms with Gasteiger partial charge in [-0.25, -0.2) is 9.78 Å². The van der Waals surface area contributed by atoms with Crippen molar-refractivity contribution in [3.8, 4) is 5.88 Å². The Labute approximate surface area is 166 Å². The van der Waals surface area contributed by atoms with Gasteiger partial charge in [-0.05, 0) is 38.3 Å². The number of urea groups is 1. The van der Waals surface area contributed by atoms with Crippen molar-refractivity contribution in [1.29, 1.82) is 0 Å². The number of rotatable bonds is 4. The molecule has 1 saturated heterocycles. The summed E-state index contributed by atoms with van der Waals surface area (Å²) in [5.74, 6) is 0.584. The van der Waals surface area contributed by atoms with E-state index in [1.165, 1.54) is 10.8 Å². The third-order valence-corrected chi connectivity index (χ3v) is 5.20. The minimum atomic E-state index is -0.0576. The second-order valence-corrected chi connectivity index (χ2v) is 7.50. The maximum Gasteiger partial charge on any atom is 0.317 e. The Bertz CT molecular complexity index is 940. The molecule has 2 heterocycles. The van der Waals surface area contributed by atoms with Crippen LogP contribution in [0.15, 0.2) is 65.3 Å². The highest BCUT2D eigenvalue weighted by molar-refractivity contribution is 9.10. The standard InChI is InChI=1S/C21H20BrN3O2/c22-17-8-9-20(23-13-17)27-18-10-11-25(14-18)21(26)24-12-16-6-3-5-15-4-1-2-7-19(15)16/h1-9,13,18H,10-12,14H2,(H,24,26)/t18-/m0/s1. The molecule has 4 rings (SSSR count). The fourth-order valence-electron chi connectivity index (χ4n) is 3.34. The Morgan fingerprint density at radius 1 is 1.19 bits per heavy atom. The normalized spacial score (nSPS) is 16.5. The lowest BCUT2D eigenvalue weighted by molar-refractivity contribution is 0.183. The van der Waals surface area contributed by atoms with Crippen LogP contribution in [0.3, 0.4) is 0 Å². The maximum absolute atomic E-state index is 12.5. The van der Waals surface area contributed by atoms with E-state index >= 15 is 0 Å². The zero-order valence-corrected chi connectivity index (χ0v) is 16.4. The molecule has 6 heteroatoms. The van der Waals surface area contributed by atoms with Gasteiger partial charge in [-0.2, -0.15) is 0 Å². The summed E-state index contributed by atoms with van der Waals surface area (Å²) in [6, 6.07) is 18.0. The summed E-state index contributed by atoms with van der Waals surface area (Å²) >= 11 is 3.36. The molecule has 1 atom stereocenters. The van der Waals surface area contributed by atoms with E-state index in [0.717, 1.165) is 16.5 Å². The molecular formula is C21H20BrN3O2. The molecule has 0 spiro atoms. The SMILES string of the molecule is O=C(NCc1cccc2ccccc12)N1CC[C@H](Oc2ccc(Br)cn2)C1. The predicted molar refractivity (Wildman–Crippen MR) is 109 cm³/mol. The number of pyridine rings is 1. The molecule has 0 saturated carbocycles. The molecule has 5 nitrogen and oxygen atoms in total. The van der Waals surface area contributed by atoms with Crippen LogP contribution in [-0.2, 0) is 6.54 Å². The fourth-order valence-corrected chi connectivity index (χ4v) is 3.58. The van der Waals surface area contributed by atoms with Gasteiger partial charge in [-0.1, -0.05) is 42.5 Å². The van der Waals surface area contributed by atoms with Gasteiger partial charge in [0.25, 0.3) is 0 Å². The van der Waals surface area contributed by atoms with Crippen molar-refractivity contribution < 1.29 is 9.53 Å². The first-order chi connectivity index (χ1) is 13.2. The summed E-state index contributed by atoms with van der Waals surface area (Å²) in [4.78, 5) is 18.6. The average molecular weight is 426 g/mol. The van der Waals surface area contributed by atoms with Crippen LogP contribution < -0.4 is 10.1 Å². The molecular weight excluding hydrogens is 406 g/mol. The molecule has 1 aliphatic heterocycles. The van der Waals surface area contributed by atoms with Crippen molar-refractivity contribution in [1.82, 2.24) is 15.2 Å². The van der Waals surface area contributed by atoms with Gasteiger partial charge in [0.2, 0.25) is 5.88 Å². The van der Waals surface area contributed by atoms with Crippen LogP contribution >= 0.6 is 15.9 Å². The Balaban J connectivity index is 1.33. The van der Waals surface area contributed by atoms with E-state index in [2.05, 4.69) is 50.5 Å². The number of likely N-dealkylation sites (tertiary alicyclic amines) is 1. The van der Waals surface area contributed by atoms with Gasteiger partial charge in [0.05, 0.1) is 6.54 Å². The lowest BCUT2D eigenvalue weighted by Crippen LogP contribution is -2.39. The number of carbonyl (C=O) groups is 1. The number of fused-ring (bicyclic) bond motifs is 1. The van der Waals surface area contributed by atoms with Crippen molar-refractivity contribution in [2.24, 2.45) is 0 Å². The topological polar surface area (TPSA) is 54.5 Å². The van der Waals surface area contributed by atoms with Gasteiger partial charge in [-0.15, -0.1) is 0 Å². The Morgan fingerprint density at radius 2 is 2.04 bits per heavy atom. The van der Waals surface area contributed by atoms with Crippen LogP contribution in [0.2, 0.25) is 0 Å². The first kappa shape index (κ1) is 17.8. The van der Waals surface area contributed by atoms with Crippen LogP contribution in [0.4, 0.5) is 4.79 Å². The average Bonchev–Trinajstić information content (AvgIpc) is 3.16. The molecule has 0 radical (unpaired) electrons. The summed E-state index contributed by atoms with van der Waals surface area (Å²) in [5.41, 5.74) is 1.12. The molecule has 0 aliphatic carbocycles. The fraction of sp³-hybridized carbons (Fsp3) is 0.238. The second-order valence-electron chi connectivity index (χ2n) is 6.59. The minimum Gasteiger partial charge on any atom is -0.472 e. The number of nitrogens with one attached hydrogen (secondary N) is 1. The molecule has 3 aromatic rings. The summed E-state index contributed by atoms with van der Waals surface area (Å²) in [5, 5.41) is 5.39. The summed E-state index contributed by atoms with van der Waals surface area (Å²) < 4.78 is 6.79. The monoisotopic (exact) mass is 425 g/mol. The minimum absolute atomic E-state index is 0.0259. The largest absolute Gasteiger partial charge is 0.472 e. The molecule has 0 bridgehead atoms. The van der Waals surface area contributed by atoms with Crippen molar-refractivity contribution in [2.75, 3.05) is 13.1 Å². The first-order valence-electron chi connectivity index (χ1n) is 8.97. The predicted octanol–water partition coefficient (Wildman–Crippen LogP) is 4.36. The number of hydrogen-bond acceptors (Lipinski definition) is 3. The van der Waals surface area contributed by atoms with Gasteiger partial charge >= 0.3 is 6.03 Å². The quantitative estimate of drug-likeness (QED) is 0.675. The molecule has 1 N–H and O–H groups in total. The molecule has 1 fully saturated rings. The third kappa shape index (κ3) is 4.22.